The van der Waals surface area contributed by atoms with Gasteiger partial charge in [-0.2, -0.15) is 0 Å². The van der Waals surface area contributed by atoms with Gasteiger partial charge in [0.05, 0.1) is 48.8 Å². The molecule has 7 atom stereocenters. The van der Waals surface area contributed by atoms with Crippen molar-refractivity contribution in [2.75, 3.05) is 45.8 Å². The van der Waals surface area contributed by atoms with Gasteiger partial charge in [0.1, 0.15) is 39.3 Å². The predicted molar refractivity (Wildman–Crippen MR) is 348 cm³/mol. The van der Waals surface area contributed by atoms with Gasteiger partial charge < -0.3 is 40.0 Å². The number of rotatable bonds is 28. The molecule has 0 fully saturated rings. The van der Waals surface area contributed by atoms with E-state index < -0.39 is 123 Å². The molecule has 17 heteroatoms. The molecule has 7 aromatic carbocycles. The molecule has 0 aliphatic carbocycles. The highest BCUT2D eigenvalue weighted by Crippen LogP contribution is 2.31. The van der Waals surface area contributed by atoms with E-state index in [1.54, 1.807) is 58.9 Å². The molecular weight excluding hydrogens is 1140 g/mol. The van der Waals surface area contributed by atoms with Crippen LogP contribution in [0.3, 0.4) is 0 Å². The van der Waals surface area contributed by atoms with Crippen LogP contribution in [-0.2, 0) is 38.4 Å². The van der Waals surface area contributed by atoms with Crippen LogP contribution in [0.5, 0.6) is 0 Å². The summed E-state index contributed by atoms with van der Waals surface area (Å²) >= 11 is 4.54. The first-order chi connectivity index (χ1) is 42.6. The Kier molecular flexibility index (Phi) is 24.2. The van der Waals surface area contributed by atoms with Gasteiger partial charge in [0, 0.05) is 11.8 Å². The fraction of sp³-hybridized carbons (Fsp3) is 0.306. The SMILES string of the molecule is CC(=O)N(CC(=O)N(CC(=O)N(CC(=O)N(CC(=O)N(CC(=O)N(CC(=O)N(CC(N)=O)[C@@H](C)c1ccccc1)[C@@H](C)c1ccccc1)[C@@H](C)c1ccccc1)[C@@H](C)c1ccc(S)cc1)[C@@H](C)c1ccccc1)[C@@H](C)c1ccccc1)[C@@H](C)c1ccccc1. The molecule has 0 saturated carbocycles. The lowest BCUT2D eigenvalue weighted by molar-refractivity contribution is -0.152. The molecular formula is C72H82N8O8S. The van der Waals surface area contributed by atoms with Gasteiger partial charge in [-0.3, -0.25) is 38.4 Å². The number of carbonyl (C=O) groups is 8. The van der Waals surface area contributed by atoms with E-state index in [-0.39, 0.29) is 12.5 Å². The summed E-state index contributed by atoms with van der Waals surface area (Å²) in [5.74, 6) is -4.51. The lowest BCUT2D eigenvalue weighted by Gasteiger charge is -2.39. The van der Waals surface area contributed by atoms with Crippen molar-refractivity contribution in [2.24, 2.45) is 5.73 Å². The second-order valence-electron chi connectivity index (χ2n) is 22.5. The zero-order chi connectivity index (χ0) is 64.3. The Hall–Kier alpha value is -9.35. The van der Waals surface area contributed by atoms with Gasteiger partial charge in [-0.15, -0.1) is 12.6 Å². The van der Waals surface area contributed by atoms with Gasteiger partial charge in [0.15, 0.2) is 0 Å². The Labute approximate surface area is 529 Å². The molecule has 16 nitrogen and oxygen atoms in total. The van der Waals surface area contributed by atoms with Gasteiger partial charge in [-0.1, -0.05) is 194 Å². The minimum Gasteiger partial charge on any atom is -0.368 e. The van der Waals surface area contributed by atoms with Crippen LogP contribution in [0.1, 0.15) is 137 Å². The summed E-state index contributed by atoms with van der Waals surface area (Å²) in [6.45, 7) is 10.6. The number of carbonyl (C=O) groups excluding carboxylic acids is 8. The van der Waals surface area contributed by atoms with E-state index in [1.807, 2.05) is 196 Å². The topological polar surface area (TPSA) is 185 Å². The van der Waals surface area contributed by atoms with Crippen molar-refractivity contribution >= 4 is 59.9 Å². The van der Waals surface area contributed by atoms with Crippen molar-refractivity contribution in [1.82, 2.24) is 34.3 Å². The fourth-order valence-corrected chi connectivity index (χ4v) is 11.3. The van der Waals surface area contributed by atoms with Crippen molar-refractivity contribution in [3.8, 4) is 0 Å². The van der Waals surface area contributed by atoms with Crippen molar-refractivity contribution < 1.29 is 38.4 Å². The maximum Gasteiger partial charge on any atom is 0.243 e. The van der Waals surface area contributed by atoms with Crippen LogP contribution in [0, 0.1) is 0 Å². The molecule has 7 rings (SSSR count). The molecule has 7 aromatic rings. The molecule has 8 amide bonds. The molecule has 89 heavy (non-hydrogen) atoms. The van der Waals surface area contributed by atoms with Crippen LogP contribution < -0.4 is 5.73 Å². The monoisotopic (exact) mass is 1220 g/mol. The Morgan fingerprint density at radius 1 is 0.281 bits per heavy atom. The number of primary amides is 1. The minimum atomic E-state index is -0.802. The molecule has 0 heterocycles. The smallest absolute Gasteiger partial charge is 0.243 e. The predicted octanol–water partition coefficient (Wildman–Crippen LogP) is 10.9. The molecule has 0 aromatic heterocycles. The summed E-state index contributed by atoms with van der Waals surface area (Å²) in [5, 5.41) is 0. The average Bonchev–Trinajstić information content (AvgIpc) is 2.97. The number of nitrogens with two attached hydrogens (primary N) is 1. The number of thiol groups is 1. The fourth-order valence-electron chi connectivity index (χ4n) is 11.2. The number of benzene rings is 7. The Balaban J connectivity index is 1.26. The van der Waals surface area contributed by atoms with E-state index >= 15 is 19.2 Å². The first kappa shape index (κ1) is 67.2. The summed E-state index contributed by atoms with van der Waals surface area (Å²) in [5.41, 5.74) is 10.8. The molecule has 0 saturated heterocycles. The summed E-state index contributed by atoms with van der Waals surface area (Å²) in [6, 6.07) is 57.7. The first-order valence-corrected chi connectivity index (χ1v) is 30.5. The maximum atomic E-state index is 15.7. The van der Waals surface area contributed by atoms with E-state index in [0.29, 0.717) is 27.1 Å². The molecule has 0 aliphatic heterocycles. The summed E-state index contributed by atoms with van der Waals surface area (Å²) in [4.78, 5) is 129. The quantitative estimate of drug-likeness (QED) is 0.0454. The van der Waals surface area contributed by atoms with Crippen LogP contribution in [0.15, 0.2) is 211 Å². The van der Waals surface area contributed by atoms with Crippen LogP contribution >= 0.6 is 12.6 Å². The van der Waals surface area contributed by atoms with E-state index in [4.69, 9.17) is 5.73 Å². The van der Waals surface area contributed by atoms with Crippen molar-refractivity contribution in [3.63, 3.8) is 0 Å². The van der Waals surface area contributed by atoms with E-state index in [1.165, 1.54) is 41.2 Å². The molecule has 0 spiro atoms. The number of nitrogens with zero attached hydrogens (tertiary/aromatic N) is 7. The Morgan fingerprint density at radius 2 is 0.449 bits per heavy atom. The normalized spacial score (nSPS) is 13.4. The number of hydrogen-bond donors (Lipinski definition) is 2. The molecule has 0 aliphatic rings. The van der Waals surface area contributed by atoms with Gasteiger partial charge in [-0.25, -0.2) is 0 Å². The van der Waals surface area contributed by atoms with Crippen molar-refractivity contribution in [1.29, 1.82) is 0 Å². The van der Waals surface area contributed by atoms with E-state index in [2.05, 4.69) is 12.6 Å². The second kappa shape index (κ2) is 32.0. The first-order valence-electron chi connectivity index (χ1n) is 30.1. The highest BCUT2D eigenvalue weighted by molar-refractivity contribution is 7.80. The second-order valence-corrected chi connectivity index (χ2v) is 23.0. The lowest BCUT2D eigenvalue weighted by Crippen LogP contribution is -2.53. The third kappa shape index (κ3) is 17.9. The summed E-state index contributed by atoms with van der Waals surface area (Å²) in [6.07, 6.45) is 0. The van der Waals surface area contributed by atoms with Crippen molar-refractivity contribution in [2.45, 2.75) is 103 Å². The van der Waals surface area contributed by atoms with E-state index in [0.717, 1.165) is 16.7 Å². The molecule has 2 N–H and O–H groups in total. The standard InChI is InChI=1S/C72H82N8O8S/c1-50(58-27-15-9-16-28-58)74(57(8)81)44-67(83)76(52(3)60-31-19-11-20-32-60)46-69(85)79(55(6)63-37-25-14-26-38-63)48-72(88)80(56(7)64-39-41-65(89)42-40-64)49-71(87)78(54(5)62-35-23-13-24-36-62)47-70(86)77(53(4)61-33-21-12-22-34-61)45-68(84)75(43-66(73)82)51(2)59-29-17-10-18-30-59/h9-42,50-56,89H,43-49H2,1-8H3,(H2,73,82)/t50-,51-,52-,53-,54-,55-,56-/m0/s1. The van der Waals surface area contributed by atoms with Crippen LogP contribution in [0.4, 0.5) is 0 Å². The Morgan fingerprint density at radius 3 is 0.640 bits per heavy atom. The maximum absolute atomic E-state index is 15.7. The van der Waals surface area contributed by atoms with Gasteiger partial charge in [0.2, 0.25) is 47.3 Å². The van der Waals surface area contributed by atoms with Crippen LogP contribution in [0.25, 0.3) is 0 Å². The van der Waals surface area contributed by atoms with Crippen LogP contribution in [-0.4, -0.2) is 127 Å². The zero-order valence-corrected chi connectivity index (χ0v) is 52.9. The molecule has 464 valence electrons. The van der Waals surface area contributed by atoms with Gasteiger partial charge >= 0.3 is 0 Å². The van der Waals surface area contributed by atoms with Crippen molar-refractivity contribution in [3.05, 3.63) is 245 Å². The van der Waals surface area contributed by atoms with E-state index in [9.17, 15) is 19.2 Å². The third-order valence-electron chi connectivity index (χ3n) is 16.8. The minimum absolute atomic E-state index is 0.334. The van der Waals surface area contributed by atoms with Crippen LogP contribution in [0.2, 0.25) is 0 Å². The zero-order valence-electron chi connectivity index (χ0n) is 52.0. The average molecular weight is 1220 g/mol. The number of hydrogen-bond acceptors (Lipinski definition) is 9. The van der Waals surface area contributed by atoms with Gasteiger partial charge in [-0.05, 0) is 99.5 Å². The summed E-state index contributed by atoms with van der Waals surface area (Å²) in [7, 11) is 0. The molecule has 0 bridgehead atoms. The molecule has 0 unspecified atom stereocenters. The lowest BCUT2D eigenvalue weighted by atomic mass is 10.0. The summed E-state index contributed by atoms with van der Waals surface area (Å²) < 4.78 is 0. The number of amides is 8. The molecule has 0 radical (unpaired) electrons. The highest BCUT2D eigenvalue weighted by atomic mass is 32.1. The largest absolute Gasteiger partial charge is 0.368 e. The third-order valence-corrected chi connectivity index (χ3v) is 17.1. The van der Waals surface area contributed by atoms with Gasteiger partial charge in [0.25, 0.3) is 0 Å². The Bertz CT molecular complexity index is 3480. The highest BCUT2D eigenvalue weighted by Gasteiger charge is 2.38.